The third-order valence-corrected chi connectivity index (χ3v) is 5.36. The lowest BCUT2D eigenvalue weighted by Gasteiger charge is -2.22. The third kappa shape index (κ3) is 8.20. The lowest BCUT2D eigenvalue weighted by molar-refractivity contribution is -0.193. The van der Waals surface area contributed by atoms with E-state index < -0.39 is 24.3 Å². The number of aromatic amines is 1. The van der Waals surface area contributed by atoms with Crippen LogP contribution in [0.3, 0.4) is 0 Å². The lowest BCUT2D eigenvalue weighted by Crippen LogP contribution is -2.24. The highest BCUT2D eigenvalue weighted by molar-refractivity contribution is 5.76. The molecule has 204 valence electrons. The summed E-state index contributed by atoms with van der Waals surface area (Å²) in [6, 6.07) is 6.72. The molecule has 15 heteroatoms. The molecule has 9 nitrogen and oxygen atoms in total. The Labute approximate surface area is 206 Å². The van der Waals surface area contributed by atoms with Crippen molar-refractivity contribution >= 4 is 23.0 Å². The van der Waals surface area contributed by atoms with Gasteiger partial charge in [-0.15, -0.1) is 0 Å². The smallest absolute Gasteiger partial charge is 0.475 e. The van der Waals surface area contributed by atoms with Crippen molar-refractivity contribution in [1.82, 2.24) is 20.0 Å². The van der Waals surface area contributed by atoms with Gasteiger partial charge in [-0.1, -0.05) is 11.2 Å². The van der Waals surface area contributed by atoms with Crippen molar-refractivity contribution in [3.05, 3.63) is 46.6 Å². The van der Waals surface area contributed by atoms with Crippen molar-refractivity contribution in [2.24, 2.45) is 0 Å². The van der Waals surface area contributed by atoms with Gasteiger partial charge in [0.1, 0.15) is 11.6 Å². The Bertz CT molecular complexity index is 1190. The number of nitrogens with zero attached hydrogens (tertiary/aromatic N) is 3. The zero-order valence-corrected chi connectivity index (χ0v) is 19.9. The van der Waals surface area contributed by atoms with Gasteiger partial charge in [0.2, 0.25) is 0 Å². The number of hydrogen-bond donors (Lipinski definition) is 3. The van der Waals surface area contributed by atoms with Crippen molar-refractivity contribution in [1.29, 1.82) is 0 Å². The first-order valence-corrected chi connectivity index (χ1v) is 10.7. The zero-order valence-electron chi connectivity index (χ0n) is 19.9. The van der Waals surface area contributed by atoms with E-state index >= 15 is 0 Å². The summed E-state index contributed by atoms with van der Waals surface area (Å²) in [5.41, 5.74) is 5.64. The summed E-state index contributed by atoms with van der Waals surface area (Å²) < 4.78 is 68.8. The molecular weight excluding hydrogens is 514 g/mol. The van der Waals surface area contributed by atoms with Crippen LogP contribution in [0.1, 0.15) is 47.3 Å². The minimum atomic E-state index is -5.08. The highest BCUT2D eigenvalue weighted by Crippen LogP contribution is 2.33. The molecule has 3 N–H and O–H groups in total. The molecule has 0 amide bonds. The van der Waals surface area contributed by atoms with E-state index in [9.17, 15) is 26.3 Å². The zero-order chi connectivity index (χ0) is 28.1. The minimum Gasteiger partial charge on any atom is -0.475 e. The molecule has 0 aliphatic carbocycles. The Morgan fingerprint density at radius 3 is 2.14 bits per heavy atom. The van der Waals surface area contributed by atoms with Gasteiger partial charge in [-0.3, -0.25) is 4.90 Å². The van der Waals surface area contributed by atoms with Crippen LogP contribution in [-0.4, -0.2) is 61.1 Å². The van der Waals surface area contributed by atoms with Crippen molar-refractivity contribution in [3.8, 4) is 0 Å². The number of halogens is 6. The monoisotopic (exact) mass is 538 g/mol. The van der Waals surface area contributed by atoms with Crippen LogP contribution in [0, 0.1) is 20.8 Å². The number of aliphatic carboxylic acids is 2. The number of benzene rings is 1. The maximum Gasteiger partial charge on any atom is 0.490 e. The summed E-state index contributed by atoms with van der Waals surface area (Å²) in [6.07, 6.45) is -7.83. The molecule has 1 aromatic carbocycles. The average molecular weight is 538 g/mol. The van der Waals surface area contributed by atoms with Crippen molar-refractivity contribution in [3.63, 3.8) is 0 Å². The lowest BCUT2D eigenvalue weighted by atomic mass is 10.1. The van der Waals surface area contributed by atoms with Gasteiger partial charge in [0.05, 0.1) is 22.8 Å². The SMILES string of the molecule is Cc1ccc2nc(C3CCCN3Cc3c(C)noc3C)[nH]c2c1.O=C(O)C(F)(F)F.O=C(O)C(F)(F)F. The van der Waals surface area contributed by atoms with Gasteiger partial charge in [0, 0.05) is 12.1 Å². The van der Waals surface area contributed by atoms with Gasteiger partial charge in [0.25, 0.3) is 0 Å². The number of nitrogens with one attached hydrogen (secondary N) is 1. The molecule has 1 unspecified atom stereocenters. The number of carbonyl (C=O) groups is 2. The fraction of sp³-hybridized carbons (Fsp3) is 0.455. The summed E-state index contributed by atoms with van der Waals surface area (Å²) in [5.74, 6) is -3.51. The Hall–Kier alpha value is -3.62. The average Bonchev–Trinajstić information content (AvgIpc) is 3.48. The number of carboxylic acid groups (broad SMARTS) is 2. The molecular formula is C22H24F6N4O5. The van der Waals surface area contributed by atoms with E-state index in [4.69, 9.17) is 29.3 Å². The van der Waals surface area contributed by atoms with E-state index in [1.807, 2.05) is 13.8 Å². The van der Waals surface area contributed by atoms with E-state index in [0.29, 0.717) is 6.04 Å². The molecule has 37 heavy (non-hydrogen) atoms. The number of aromatic nitrogens is 3. The minimum absolute atomic E-state index is 0.344. The third-order valence-electron chi connectivity index (χ3n) is 5.36. The Morgan fingerprint density at radius 2 is 1.65 bits per heavy atom. The predicted octanol–water partition coefficient (Wildman–Crippen LogP) is 5.08. The summed E-state index contributed by atoms with van der Waals surface area (Å²) in [6.45, 7) is 8.08. The number of hydrogen-bond acceptors (Lipinski definition) is 6. The van der Waals surface area contributed by atoms with E-state index in [0.717, 1.165) is 47.8 Å². The van der Waals surface area contributed by atoms with Gasteiger partial charge in [-0.05, 0) is 57.9 Å². The molecule has 0 spiro atoms. The van der Waals surface area contributed by atoms with Gasteiger partial charge in [-0.2, -0.15) is 26.3 Å². The summed E-state index contributed by atoms with van der Waals surface area (Å²) in [5, 5.41) is 18.3. The van der Waals surface area contributed by atoms with Crippen molar-refractivity contribution in [2.75, 3.05) is 6.54 Å². The number of rotatable bonds is 3. The van der Waals surface area contributed by atoms with Crippen LogP contribution in [0.15, 0.2) is 22.7 Å². The molecule has 1 aliphatic heterocycles. The molecule has 1 atom stereocenters. The number of imidazole rings is 1. The molecule has 1 aliphatic rings. The largest absolute Gasteiger partial charge is 0.490 e. The Balaban J connectivity index is 0.000000286. The van der Waals surface area contributed by atoms with Gasteiger partial charge in [-0.25, -0.2) is 14.6 Å². The highest BCUT2D eigenvalue weighted by atomic mass is 19.4. The first-order chi connectivity index (χ1) is 17.0. The van der Waals surface area contributed by atoms with Crippen LogP contribution in [-0.2, 0) is 16.1 Å². The summed E-state index contributed by atoms with van der Waals surface area (Å²) >= 11 is 0. The van der Waals surface area contributed by atoms with E-state index in [1.165, 1.54) is 17.5 Å². The van der Waals surface area contributed by atoms with Crippen molar-refractivity contribution < 1.29 is 50.7 Å². The summed E-state index contributed by atoms with van der Waals surface area (Å²) in [4.78, 5) is 28.6. The van der Waals surface area contributed by atoms with Crippen LogP contribution >= 0.6 is 0 Å². The van der Waals surface area contributed by atoms with Crippen LogP contribution in [0.5, 0.6) is 0 Å². The number of H-pyrrole nitrogens is 1. The maximum atomic E-state index is 10.6. The number of aryl methyl sites for hydroxylation is 3. The molecule has 4 rings (SSSR count). The molecule has 2 aromatic heterocycles. The van der Waals surface area contributed by atoms with E-state index in [-0.39, 0.29) is 0 Å². The topological polar surface area (TPSA) is 133 Å². The molecule has 0 radical (unpaired) electrons. The fourth-order valence-electron chi connectivity index (χ4n) is 3.56. The van der Waals surface area contributed by atoms with Gasteiger partial charge < -0.3 is 19.7 Å². The van der Waals surface area contributed by atoms with Crippen LogP contribution in [0.4, 0.5) is 26.3 Å². The van der Waals surface area contributed by atoms with Gasteiger partial charge in [0.15, 0.2) is 0 Å². The number of alkyl halides is 6. The van der Waals surface area contributed by atoms with E-state index in [2.05, 4.69) is 40.2 Å². The van der Waals surface area contributed by atoms with E-state index in [1.54, 1.807) is 0 Å². The first-order valence-electron chi connectivity index (χ1n) is 10.7. The second-order valence-electron chi connectivity index (χ2n) is 8.18. The number of fused-ring (bicyclic) bond motifs is 1. The van der Waals surface area contributed by atoms with Crippen LogP contribution < -0.4 is 0 Å². The standard InChI is InChI=1S/C18H22N4O.2C2HF3O2/c1-11-6-7-15-16(9-11)20-18(19-15)17-5-4-8-22(17)10-14-12(2)21-23-13(14)3;2*3-2(4,5)1(6)7/h6-7,9,17H,4-5,8,10H2,1-3H3,(H,19,20);2*(H,6,7). The van der Waals surface area contributed by atoms with Crippen LogP contribution in [0.2, 0.25) is 0 Å². The second kappa shape index (κ2) is 11.6. The highest BCUT2D eigenvalue weighted by Gasteiger charge is 2.39. The first kappa shape index (κ1) is 29.6. The quantitative estimate of drug-likeness (QED) is 0.394. The predicted molar refractivity (Wildman–Crippen MR) is 117 cm³/mol. The van der Waals surface area contributed by atoms with Crippen molar-refractivity contribution in [2.45, 2.75) is 58.6 Å². The maximum absolute atomic E-state index is 10.6. The van der Waals surface area contributed by atoms with Gasteiger partial charge >= 0.3 is 24.3 Å². The summed E-state index contributed by atoms with van der Waals surface area (Å²) in [7, 11) is 0. The molecule has 1 fully saturated rings. The Kier molecular flexibility index (Phi) is 9.30. The Morgan fingerprint density at radius 1 is 1.08 bits per heavy atom. The molecule has 3 heterocycles. The normalized spacial score (nSPS) is 16.1. The second-order valence-corrected chi connectivity index (χ2v) is 8.18. The van der Waals surface area contributed by atoms with Crippen LogP contribution in [0.25, 0.3) is 11.0 Å². The number of carboxylic acids is 2. The molecule has 0 saturated carbocycles. The number of likely N-dealkylation sites (tertiary alicyclic amines) is 1. The molecule has 1 saturated heterocycles. The fourth-order valence-corrected chi connectivity index (χ4v) is 3.56. The molecule has 0 bridgehead atoms. The molecule has 3 aromatic rings.